The second-order valence-electron chi connectivity index (χ2n) is 4.05. The summed E-state index contributed by atoms with van der Waals surface area (Å²) in [4.78, 5) is 11.7. The molecule has 1 heterocycles. The van der Waals surface area contributed by atoms with Gasteiger partial charge in [0.25, 0.3) is 5.56 Å². The lowest BCUT2D eigenvalue weighted by molar-refractivity contribution is 0.577. The molecule has 0 spiro atoms. The molecule has 0 N–H and O–H groups in total. The van der Waals surface area contributed by atoms with Crippen LogP contribution in [0, 0.1) is 22.1 Å². The Morgan fingerprint density at radius 1 is 1.17 bits per heavy atom. The summed E-state index contributed by atoms with van der Waals surface area (Å²) < 4.78 is 28.5. The Hall–Kier alpha value is -1.24. The zero-order valence-corrected chi connectivity index (χ0v) is 11.7. The van der Waals surface area contributed by atoms with Gasteiger partial charge in [0.05, 0.1) is 6.54 Å². The van der Waals surface area contributed by atoms with Crippen LogP contribution in [0.2, 0.25) is 0 Å². The first kappa shape index (κ1) is 13.2. The Morgan fingerprint density at radius 2 is 1.78 bits per heavy atom. The number of halogens is 3. The summed E-state index contributed by atoms with van der Waals surface area (Å²) in [5.74, 6) is -1.28. The number of aryl methyl sites for hydroxylation is 1. The largest absolute Gasteiger partial charge is 0.310 e. The van der Waals surface area contributed by atoms with Gasteiger partial charge in [-0.25, -0.2) is 8.78 Å². The van der Waals surface area contributed by atoms with Crippen molar-refractivity contribution in [1.29, 1.82) is 0 Å². The van der Waals surface area contributed by atoms with E-state index in [9.17, 15) is 13.6 Å². The van der Waals surface area contributed by atoms with Crippen LogP contribution < -0.4 is 5.56 Å². The van der Waals surface area contributed by atoms with Crippen LogP contribution in [-0.2, 0) is 6.54 Å². The molecule has 0 amide bonds. The lowest BCUT2D eigenvalue weighted by atomic mass is 10.2. The van der Waals surface area contributed by atoms with Gasteiger partial charge >= 0.3 is 0 Å². The van der Waals surface area contributed by atoms with Crippen LogP contribution in [0.5, 0.6) is 0 Å². The van der Waals surface area contributed by atoms with Crippen molar-refractivity contribution in [3.63, 3.8) is 0 Å². The van der Waals surface area contributed by atoms with E-state index in [1.807, 2.05) is 6.92 Å². The first-order chi connectivity index (χ1) is 8.45. The Kier molecular flexibility index (Phi) is 3.79. The minimum absolute atomic E-state index is 0.157. The van der Waals surface area contributed by atoms with E-state index in [4.69, 9.17) is 0 Å². The summed E-state index contributed by atoms with van der Waals surface area (Å²) >= 11 is 2.11. The summed E-state index contributed by atoms with van der Waals surface area (Å²) in [7, 11) is 0. The fourth-order valence-corrected chi connectivity index (χ4v) is 2.15. The highest BCUT2D eigenvalue weighted by Gasteiger charge is 2.05. The molecule has 0 atom stereocenters. The SMILES string of the molecule is Cc1cc(=O)n(Cc2cc(F)cc(F)c2)cc1I. The van der Waals surface area contributed by atoms with Gasteiger partial charge in [0, 0.05) is 21.9 Å². The minimum Gasteiger partial charge on any atom is -0.310 e. The van der Waals surface area contributed by atoms with Gasteiger partial charge in [-0.2, -0.15) is 0 Å². The third-order valence-corrected chi connectivity index (χ3v) is 3.67. The van der Waals surface area contributed by atoms with Crippen LogP contribution in [0.4, 0.5) is 8.78 Å². The van der Waals surface area contributed by atoms with Gasteiger partial charge in [0.2, 0.25) is 0 Å². The number of benzene rings is 1. The predicted molar refractivity (Wildman–Crippen MR) is 73.6 cm³/mol. The predicted octanol–water partition coefficient (Wildman–Crippen LogP) is 3.09. The number of pyridine rings is 1. The fourth-order valence-electron chi connectivity index (χ4n) is 1.66. The lowest BCUT2D eigenvalue weighted by Gasteiger charge is -2.08. The molecule has 0 radical (unpaired) electrons. The third-order valence-electron chi connectivity index (χ3n) is 2.54. The normalized spacial score (nSPS) is 10.7. The molecule has 0 aliphatic carbocycles. The van der Waals surface area contributed by atoms with E-state index in [2.05, 4.69) is 22.6 Å². The summed E-state index contributed by atoms with van der Waals surface area (Å²) in [5.41, 5.74) is 1.13. The van der Waals surface area contributed by atoms with Crippen molar-refractivity contribution in [3.8, 4) is 0 Å². The maximum Gasteiger partial charge on any atom is 0.251 e. The number of hydrogen-bond donors (Lipinski definition) is 0. The van der Waals surface area contributed by atoms with E-state index in [0.29, 0.717) is 5.56 Å². The minimum atomic E-state index is -0.639. The Bertz CT molecular complexity index is 632. The monoisotopic (exact) mass is 361 g/mol. The van der Waals surface area contributed by atoms with Crippen molar-refractivity contribution >= 4 is 22.6 Å². The molecule has 0 saturated heterocycles. The van der Waals surface area contributed by atoms with Crippen LogP contribution in [-0.4, -0.2) is 4.57 Å². The Balaban J connectivity index is 2.40. The summed E-state index contributed by atoms with van der Waals surface area (Å²) in [5, 5.41) is 0. The van der Waals surface area contributed by atoms with Crippen LogP contribution in [0.15, 0.2) is 35.3 Å². The van der Waals surface area contributed by atoms with Crippen molar-refractivity contribution in [1.82, 2.24) is 4.57 Å². The standard InChI is InChI=1S/C13H10F2INO/c1-8-2-13(18)17(7-12(8)16)6-9-3-10(14)5-11(15)4-9/h2-5,7H,6H2,1H3. The lowest BCUT2D eigenvalue weighted by Crippen LogP contribution is -2.20. The molecule has 0 aliphatic rings. The highest BCUT2D eigenvalue weighted by atomic mass is 127. The molecule has 18 heavy (non-hydrogen) atoms. The Morgan fingerprint density at radius 3 is 2.39 bits per heavy atom. The number of aromatic nitrogens is 1. The fraction of sp³-hybridized carbons (Fsp3) is 0.154. The van der Waals surface area contributed by atoms with E-state index in [1.165, 1.54) is 22.8 Å². The third kappa shape index (κ3) is 2.95. The second kappa shape index (κ2) is 5.17. The first-order valence-electron chi connectivity index (χ1n) is 5.27. The molecular weight excluding hydrogens is 351 g/mol. The zero-order valence-electron chi connectivity index (χ0n) is 9.58. The molecule has 0 bridgehead atoms. The highest BCUT2D eigenvalue weighted by molar-refractivity contribution is 14.1. The van der Waals surface area contributed by atoms with Crippen LogP contribution in [0.1, 0.15) is 11.1 Å². The number of nitrogens with zero attached hydrogens (tertiary/aromatic N) is 1. The van der Waals surface area contributed by atoms with Gasteiger partial charge in [0.1, 0.15) is 11.6 Å². The first-order valence-corrected chi connectivity index (χ1v) is 6.35. The molecule has 0 fully saturated rings. The second-order valence-corrected chi connectivity index (χ2v) is 5.21. The maximum absolute atomic E-state index is 13.0. The molecule has 0 unspecified atom stereocenters. The maximum atomic E-state index is 13.0. The molecule has 0 aliphatic heterocycles. The van der Waals surface area contributed by atoms with Gasteiger partial charge in [-0.1, -0.05) is 0 Å². The summed E-state index contributed by atoms with van der Waals surface area (Å²) in [6.07, 6.45) is 1.68. The number of rotatable bonds is 2. The molecule has 5 heteroatoms. The smallest absolute Gasteiger partial charge is 0.251 e. The van der Waals surface area contributed by atoms with Crippen molar-refractivity contribution in [3.05, 3.63) is 67.1 Å². The van der Waals surface area contributed by atoms with Crippen molar-refractivity contribution in [2.75, 3.05) is 0 Å². The Labute approximate surface area is 116 Å². The molecule has 0 saturated carbocycles. The van der Waals surface area contributed by atoms with Gasteiger partial charge < -0.3 is 4.57 Å². The van der Waals surface area contributed by atoms with Gasteiger partial charge in [-0.15, -0.1) is 0 Å². The molecular formula is C13H10F2INO. The van der Waals surface area contributed by atoms with Crippen molar-refractivity contribution in [2.45, 2.75) is 13.5 Å². The molecule has 2 aromatic rings. The van der Waals surface area contributed by atoms with Gasteiger partial charge in [-0.3, -0.25) is 4.79 Å². The van der Waals surface area contributed by atoms with Gasteiger partial charge in [0.15, 0.2) is 0 Å². The zero-order chi connectivity index (χ0) is 13.3. The molecule has 2 rings (SSSR count). The number of hydrogen-bond acceptors (Lipinski definition) is 1. The van der Waals surface area contributed by atoms with Crippen LogP contribution in [0.25, 0.3) is 0 Å². The molecule has 2 nitrogen and oxygen atoms in total. The van der Waals surface area contributed by atoms with Crippen molar-refractivity contribution in [2.24, 2.45) is 0 Å². The van der Waals surface area contributed by atoms with Crippen LogP contribution in [0.3, 0.4) is 0 Å². The van der Waals surface area contributed by atoms with Gasteiger partial charge in [-0.05, 0) is 52.8 Å². The quantitative estimate of drug-likeness (QED) is 0.754. The van der Waals surface area contributed by atoms with Crippen LogP contribution >= 0.6 is 22.6 Å². The van der Waals surface area contributed by atoms with E-state index in [0.717, 1.165) is 15.2 Å². The topological polar surface area (TPSA) is 22.0 Å². The average molecular weight is 361 g/mol. The molecule has 1 aromatic carbocycles. The molecule has 1 aromatic heterocycles. The molecule has 94 valence electrons. The van der Waals surface area contributed by atoms with E-state index >= 15 is 0 Å². The average Bonchev–Trinajstić information content (AvgIpc) is 2.24. The highest BCUT2D eigenvalue weighted by Crippen LogP contribution is 2.11. The summed E-state index contributed by atoms with van der Waals surface area (Å²) in [6.45, 7) is 2.00. The van der Waals surface area contributed by atoms with E-state index in [1.54, 1.807) is 6.20 Å². The van der Waals surface area contributed by atoms with E-state index < -0.39 is 11.6 Å². The summed E-state index contributed by atoms with van der Waals surface area (Å²) in [6, 6.07) is 4.77. The van der Waals surface area contributed by atoms with E-state index in [-0.39, 0.29) is 12.1 Å². The van der Waals surface area contributed by atoms with Crippen molar-refractivity contribution < 1.29 is 8.78 Å².